The second kappa shape index (κ2) is 4.42. The van der Waals surface area contributed by atoms with Crippen LogP contribution in [-0.4, -0.2) is 9.97 Å². The fraction of sp³-hybridized carbons (Fsp3) is 0. The summed E-state index contributed by atoms with van der Waals surface area (Å²) in [6, 6.07) is 4.05. The summed E-state index contributed by atoms with van der Waals surface area (Å²) < 4.78 is 12.9. The summed E-state index contributed by atoms with van der Waals surface area (Å²) in [4.78, 5) is 8.08. The van der Waals surface area contributed by atoms with Gasteiger partial charge in [-0.1, -0.05) is 11.6 Å². The maximum Gasteiger partial charge on any atom is 0.166 e. The number of hydrogen-bond acceptors (Lipinski definition) is 4. The van der Waals surface area contributed by atoms with Crippen molar-refractivity contribution in [3.8, 4) is 11.3 Å². The molecule has 0 fully saturated rings. The molecule has 0 amide bonds. The van der Waals surface area contributed by atoms with Crippen LogP contribution >= 0.6 is 11.6 Å². The zero-order valence-electron chi connectivity index (χ0n) is 8.11. The van der Waals surface area contributed by atoms with Gasteiger partial charge in [-0.25, -0.2) is 15.2 Å². The molecule has 0 spiro atoms. The monoisotopic (exact) mass is 238 g/mol. The lowest BCUT2D eigenvalue weighted by molar-refractivity contribution is 0.628. The standard InChI is InChI=1S/C10H8ClFN4/c11-8-5-6(12)1-2-7(8)9-10(16-13)15-4-3-14-9/h1-5H,13H2,(H,15,16). The molecule has 1 aromatic heterocycles. The highest BCUT2D eigenvalue weighted by atomic mass is 35.5. The van der Waals surface area contributed by atoms with Crippen molar-refractivity contribution in [1.82, 2.24) is 9.97 Å². The SMILES string of the molecule is NNc1nccnc1-c1ccc(F)cc1Cl. The molecule has 0 saturated heterocycles. The second-order valence-electron chi connectivity index (χ2n) is 3.02. The van der Waals surface area contributed by atoms with Crippen LogP contribution in [0.15, 0.2) is 30.6 Å². The molecule has 1 aromatic carbocycles. The maximum absolute atomic E-state index is 12.9. The van der Waals surface area contributed by atoms with Gasteiger partial charge in [-0.3, -0.25) is 4.98 Å². The average Bonchev–Trinajstić information content (AvgIpc) is 2.29. The van der Waals surface area contributed by atoms with E-state index in [4.69, 9.17) is 17.4 Å². The number of hydrazine groups is 1. The van der Waals surface area contributed by atoms with Gasteiger partial charge in [-0.15, -0.1) is 0 Å². The van der Waals surface area contributed by atoms with E-state index >= 15 is 0 Å². The van der Waals surface area contributed by atoms with Crippen molar-refractivity contribution < 1.29 is 4.39 Å². The lowest BCUT2D eigenvalue weighted by Gasteiger charge is -2.07. The Bertz CT molecular complexity index is 518. The molecule has 2 aromatic rings. The van der Waals surface area contributed by atoms with Crippen molar-refractivity contribution >= 4 is 17.4 Å². The summed E-state index contributed by atoms with van der Waals surface area (Å²) in [7, 11) is 0. The fourth-order valence-corrected chi connectivity index (χ4v) is 1.58. The normalized spacial score (nSPS) is 10.2. The van der Waals surface area contributed by atoms with Gasteiger partial charge in [-0.2, -0.15) is 0 Å². The summed E-state index contributed by atoms with van der Waals surface area (Å²) in [6.07, 6.45) is 3.01. The van der Waals surface area contributed by atoms with Crippen LogP contribution in [0.25, 0.3) is 11.3 Å². The van der Waals surface area contributed by atoms with E-state index in [0.717, 1.165) is 0 Å². The Labute approximate surface area is 96.3 Å². The Morgan fingerprint density at radius 2 is 2.00 bits per heavy atom. The van der Waals surface area contributed by atoms with Crippen molar-refractivity contribution in [3.05, 3.63) is 41.4 Å². The number of hydrogen-bond donors (Lipinski definition) is 2. The summed E-state index contributed by atoms with van der Waals surface area (Å²) in [5.74, 6) is 5.28. The molecule has 0 radical (unpaired) electrons. The Morgan fingerprint density at radius 1 is 1.25 bits per heavy atom. The van der Waals surface area contributed by atoms with Gasteiger partial charge < -0.3 is 5.43 Å². The van der Waals surface area contributed by atoms with Gasteiger partial charge in [-0.05, 0) is 18.2 Å². The van der Waals surface area contributed by atoms with Gasteiger partial charge in [0.1, 0.15) is 11.5 Å². The molecule has 16 heavy (non-hydrogen) atoms. The third-order valence-electron chi connectivity index (χ3n) is 2.02. The van der Waals surface area contributed by atoms with Crippen LogP contribution in [0, 0.1) is 5.82 Å². The first-order valence-corrected chi connectivity index (χ1v) is 4.83. The highest BCUT2D eigenvalue weighted by molar-refractivity contribution is 6.33. The Morgan fingerprint density at radius 3 is 2.69 bits per heavy atom. The van der Waals surface area contributed by atoms with E-state index < -0.39 is 5.82 Å². The van der Waals surface area contributed by atoms with Gasteiger partial charge >= 0.3 is 0 Å². The fourth-order valence-electron chi connectivity index (χ4n) is 1.32. The van der Waals surface area contributed by atoms with E-state index in [1.54, 1.807) is 0 Å². The second-order valence-corrected chi connectivity index (χ2v) is 3.43. The van der Waals surface area contributed by atoms with Crippen LogP contribution < -0.4 is 11.3 Å². The molecule has 6 heteroatoms. The van der Waals surface area contributed by atoms with Gasteiger partial charge in [0.25, 0.3) is 0 Å². The molecule has 1 heterocycles. The molecule has 0 atom stereocenters. The van der Waals surface area contributed by atoms with Crippen LogP contribution in [0.5, 0.6) is 0 Å². The number of benzene rings is 1. The lowest BCUT2D eigenvalue weighted by Crippen LogP contribution is -2.10. The predicted molar refractivity (Wildman–Crippen MR) is 60.2 cm³/mol. The largest absolute Gasteiger partial charge is 0.307 e. The van der Waals surface area contributed by atoms with Crippen LogP contribution in [0.3, 0.4) is 0 Å². The quantitative estimate of drug-likeness (QED) is 0.622. The van der Waals surface area contributed by atoms with E-state index in [2.05, 4.69) is 15.4 Å². The average molecular weight is 239 g/mol. The van der Waals surface area contributed by atoms with Crippen molar-refractivity contribution in [3.63, 3.8) is 0 Å². The first-order valence-electron chi connectivity index (χ1n) is 4.45. The number of aromatic nitrogens is 2. The number of rotatable bonds is 2. The minimum absolute atomic E-state index is 0.261. The minimum atomic E-state index is -0.403. The maximum atomic E-state index is 12.9. The number of nitrogens with two attached hydrogens (primary N) is 1. The van der Waals surface area contributed by atoms with Crippen LogP contribution in [0.4, 0.5) is 10.2 Å². The first-order chi connectivity index (χ1) is 7.72. The molecule has 0 aliphatic carbocycles. The number of nitrogens with one attached hydrogen (secondary N) is 1. The van der Waals surface area contributed by atoms with Gasteiger partial charge in [0.05, 0.1) is 5.02 Å². The number of nitrogens with zero attached hydrogens (tertiary/aromatic N) is 2. The Kier molecular flexibility index (Phi) is 2.98. The molecule has 4 nitrogen and oxygen atoms in total. The number of anilines is 1. The molecule has 0 aliphatic rings. The van der Waals surface area contributed by atoms with Crippen molar-refractivity contribution in [2.45, 2.75) is 0 Å². The van der Waals surface area contributed by atoms with E-state index in [0.29, 0.717) is 17.1 Å². The first kappa shape index (κ1) is 10.8. The van der Waals surface area contributed by atoms with Crippen molar-refractivity contribution in [2.75, 3.05) is 5.43 Å². The molecule has 0 saturated carbocycles. The summed E-state index contributed by atoms with van der Waals surface area (Å²) >= 11 is 5.92. The molecule has 0 unspecified atom stereocenters. The lowest BCUT2D eigenvalue weighted by atomic mass is 10.1. The van der Waals surface area contributed by atoms with Gasteiger partial charge in [0.2, 0.25) is 0 Å². The van der Waals surface area contributed by atoms with E-state index in [-0.39, 0.29) is 5.02 Å². The zero-order valence-corrected chi connectivity index (χ0v) is 8.87. The zero-order chi connectivity index (χ0) is 11.5. The highest BCUT2D eigenvalue weighted by Gasteiger charge is 2.10. The molecule has 82 valence electrons. The van der Waals surface area contributed by atoms with E-state index in [9.17, 15) is 4.39 Å². The molecule has 2 rings (SSSR count). The molecular weight excluding hydrogens is 231 g/mol. The van der Waals surface area contributed by atoms with Crippen molar-refractivity contribution in [2.24, 2.45) is 5.84 Å². The molecule has 0 bridgehead atoms. The number of nitrogen functional groups attached to an aromatic ring is 1. The third-order valence-corrected chi connectivity index (χ3v) is 2.33. The Balaban J connectivity index is 2.58. The number of halogens is 2. The summed E-state index contributed by atoms with van der Waals surface area (Å²) in [5, 5.41) is 0.261. The van der Waals surface area contributed by atoms with Gasteiger partial charge in [0, 0.05) is 18.0 Å². The molecule has 0 aliphatic heterocycles. The van der Waals surface area contributed by atoms with Crippen molar-refractivity contribution in [1.29, 1.82) is 0 Å². The van der Waals surface area contributed by atoms with E-state index in [1.165, 1.54) is 30.6 Å². The third kappa shape index (κ3) is 1.95. The molecule has 3 N–H and O–H groups in total. The van der Waals surface area contributed by atoms with Crippen LogP contribution in [0.2, 0.25) is 5.02 Å². The topological polar surface area (TPSA) is 63.8 Å². The summed E-state index contributed by atoms with van der Waals surface area (Å²) in [5.41, 5.74) is 3.46. The smallest absolute Gasteiger partial charge is 0.166 e. The summed E-state index contributed by atoms with van der Waals surface area (Å²) in [6.45, 7) is 0. The Hall–Kier alpha value is -1.72. The molecular formula is C10H8ClFN4. The van der Waals surface area contributed by atoms with Gasteiger partial charge in [0.15, 0.2) is 5.82 Å². The highest BCUT2D eigenvalue weighted by Crippen LogP contribution is 2.30. The van der Waals surface area contributed by atoms with Crippen LogP contribution in [0.1, 0.15) is 0 Å². The van der Waals surface area contributed by atoms with E-state index in [1.807, 2.05) is 0 Å². The predicted octanol–water partition coefficient (Wildman–Crippen LogP) is 2.22. The minimum Gasteiger partial charge on any atom is -0.307 e. The van der Waals surface area contributed by atoms with Crippen LogP contribution in [-0.2, 0) is 0 Å².